The Morgan fingerprint density at radius 2 is 1.78 bits per heavy atom. The SMILES string of the molecule is COC(=O)Cc1ccc(C=O)c(-c2ccc(C(F)(F)F)cc2)c1. The van der Waals surface area contributed by atoms with Gasteiger partial charge in [0.25, 0.3) is 0 Å². The zero-order valence-electron chi connectivity index (χ0n) is 12.2. The maximum atomic E-state index is 12.6. The molecule has 0 aliphatic heterocycles. The van der Waals surface area contributed by atoms with E-state index in [4.69, 9.17) is 0 Å². The van der Waals surface area contributed by atoms with Crippen molar-refractivity contribution in [2.24, 2.45) is 0 Å². The van der Waals surface area contributed by atoms with E-state index in [0.717, 1.165) is 12.1 Å². The monoisotopic (exact) mass is 322 g/mol. The third-order valence-corrected chi connectivity index (χ3v) is 3.34. The van der Waals surface area contributed by atoms with Gasteiger partial charge in [0.05, 0.1) is 19.1 Å². The van der Waals surface area contributed by atoms with Crippen LogP contribution in [0.25, 0.3) is 11.1 Å². The molecule has 120 valence electrons. The quantitative estimate of drug-likeness (QED) is 0.633. The summed E-state index contributed by atoms with van der Waals surface area (Å²) < 4.78 is 42.4. The summed E-state index contributed by atoms with van der Waals surface area (Å²) in [6.45, 7) is 0. The van der Waals surface area contributed by atoms with E-state index in [9.17, 15) is 22.8 Å². The van der Waals surface area contributed by atoms with Gasteiger partial charge in [0.1, 0.15) is 0 Å². The van der Waals surface area contributed by atoms with E-state index in [1.807, 2.05) is 0 Å². The topological polar surface area (TPSA) is 43.4 Å². The summed E-state index contributed by atoms with van der Waals surface area (Å²) in [5.74, 6) is -0.442. The molecule has 0 aromatic heterocycles. The van der Waals surface area contributed by atoms with Crippen LogP contribution in [0.3, 0.4) is 0 Å². The molecule has 6 heteroatoms. The van der Waals surface area contributed by atoms with Crippen LogP contribution in [-0.2, 0) is 22.1 Å². The van der Waals surface area contributed by atoms with Crippen LogP contribution in [0.2, 0.25) is 0 Å². The van der Waals surface area contributed by atoms with Gasteiger partial charge in [-0.15, -0.1) is 0 Å². The van der Waals surface area contributed by atoms with Gasteiger partial charge in [-0.1, -0.05) is 24.3 Å². The Bertz CT molecular complexity index is 719. The summed E-state index contributed by atoms with van der Waals surface area (Å²) >= 11 is 0. The fourth-order valence-electron chi connectivity index (χ4n) is 2.14. The average molecular weight is 322 g/mol. The van der Waals surface area contributed by atoms with E-state index in [1.165, 1.54) is 25.3 Å². The molecule has 0 heterocycles. The first kappa shape index (κ1) is 16.7. The van der Waals surface area contributed by atoms with Crippen LogP contribution in [0.5, 0.6) is 0 Å². The van der Waals surface area contributed by atoms with Crippen molar-refractivity contribution in [3.63, 3.8) is 0 Å². The highest BCUT2D eigenvalue weighted by molar-refractivity contribution is 5.88. The zero-order valence-corrected chi connectivity index (χ0v) is 12.2. The number of benzene rings is 2. The zero-order chi connectivity index (χ0) is 17.0. The van der Waals surface area contributed by atoms with E-state index in [2.05, 4.69) is 4.74 Å². The molecule has 0 radical (unpaired) electrons. The number of alkyl halides is 3. The maximum Gasteiger partial charge on any atom is 0.416 e. The number of methoxy groups -OCH3 is 1. The molecular formula is C17H13F3O3. The number of carbonyl (C=O) groups excluding carboxylic acids is 2. The fraction of sp³-hybridized carbons (Fsp3) is 0.176. The second kappa shape index (κ2) is 6.64. The van der Waals surface area contributed by atoms with E-state index in [-0.39, 0.29) is 6.42 Å². The summed E-state index contributed by atoms with van der Waals surface area (Å²) in [5, 5.41) is 0. The predicted octanol–water partition coefficient (Wildman–Crippen LogP) is 3.90. The van der Waals surface area contributed by atoms with Crippen molar-refractivity contribution in [1.82, 2.24) is 0 Å². The van der Waals surface area contributed by atoms with Gasteiger partial charge >= 0.3 is 12.1 Å². The molecule has 0 atom stereocenters. The minimum absolute atomic E-state index is 0.0171. The van der Waals surface area contributed by atoms with Crippen molar-refractivity contribution in [2.75, 3.05) is 7.11 Å². The highest BCUT2D eigenvalue weighted by Crippen LogP contribution is 2.32. The molecular weight excluding hydrogens is 309 g/mol. The average Bonchev–Trinajstić information content (AvgIpc) is 2.54. The van der Waals surface area contributed by atoms with E-state index >= 15 is 0 Å². The maximum absolute atomic E-state index is 12.6. The summed E-state index contributed by atoms with van der Waals surface area (Å²) in [6.07, 6.45) is -3.78. The normalized spacial score (nSPS) is 11.1. The van der Waals surface area contributed by atoms with Crippen LogP contribution in [0.4, 0.5) is 13.2 Å². The fourth-order valence-corrected chi connectivity index (χ4v) is 2.14. The molecule has 0 saturated carbocycles. The van der Waals surface area contributed by atoms with Gasteiger partial charge in [0.2, 0.25) is 0 Å². The van der Waals surface area contributed by atoms with Gasteiger partial charge < -0.3 is 4.74 Å². The lowest BCUT2D eigenvalue weighted by molar-refractivity contribution is -0.140. The molecule has 3 nitrogen and oxygen atoms in total. The van der Waals surface area contributed by atoms with Crippen molar-refractivity contribution in [2.45, 2.75) is 12.6 Å². The molecule has 0 aliphatic carbocycles. The molecule has 0 bridgehead atoms. The van der Waals surface area contributed by atoms with Crippen molar-refractivity contribution >= 4 is 12.3 Å². The molecule has 2 rings (SSSR count). The summed E-state index contributed by atoms with van der Waals surface area (Å²) in [7, 11) is 1.26. The van der Waals surface area contributed by atoms with Crippen LogP contribution in [0, 0.1) is 0 Å². The highest BCUT2D eigenvalue weighted by Gasteiger charge is 2.30. The number of carbonyl (C=O) groups is 2. The second-order valence-electron chi connectivity index (χ2n) is 4.87. The second-order valence-corrected chi connectivity index (χ2v) is 4.87. The molecule has 2 aromatic rings. The van der Waals surface area contributed by atoms with Crippen molar-refractivity contribution in [3.8, 4) is 11.1 Å². The van der Waals surface area contributed by atoms with Gasteiger partial charge in [0, 0.05) is 5.56 Å². The van der Waals surface area contributed by atoms with Crippen molar-refractivity contribution in [3.05, 3.63) is 59.2 Å². The van der Waals surface area contributed by atoms with Gasteiger partial charge in [-0.2, -0.15) is 13.2 Å². The number of hydrogen-bond donors (Lipinski definition) is 0. The third kappa shape index (κ3) is 3.97. The Hall–Kier alpha value is -2.63. The standard InChI is InChI=1S/C17H13F3O3/c1-23-16(22)9-11-2-3-13(10-21)15(8-11)12-4-6-14(7-5-12)17(18,19)20/h2-8,10H,9H2,1H3. The lowest BCUT2D eigenvalue weighted by Gasteiger charge is -2.10. The first-order valence-electron chi connectivity index (χ1n) is 6.67. The molecule has 0 unspecified atom stereocenters. The Morgan fingerprint density at radius 3 is 2.30 bits per heavy atom. The Balaban J connectivity index is 2.42. The minimum Gasteiger partial charge on any atom is -0.469 e. The van der Waals surface area contributed by atoms with Crippen molar-refractivity contribution < 1.29 is 27.5 Å². The lowest BCUT2D eigenvalue weighted by atomic mass is 9.96. The first-order valence-corrected chi connectivity index (χ1v) is 6.67. The number of rotatable bonds is 4. The van der Waals surface area contributed by atoms with Gasteiger partial charge in [0.15, 0.2) is 6.29 Å². The Kier molecular flexibility index (Phi) is 4.83. The summed E-state index contributed by atoms with van der Waals surface area (Å²) in [6, 6.07) is 9.24. The molecule has 0 aliphatic rings. The van der Waals surface area contributed by atoms with Gasteiger partial charge in [-0.05, 0) is 34.9 Å². The Morgan fingerprint density at radius 1 is 1.13 bits per heavy atom. The number of hydrogen-bond acceptors (Lipinski definition) is 3. The molecule has 0 spiro atoms. The van der Waals surface area contributed by atoms with Crippen molar-refractivity contribution in [1.29, 1.82) is 0 Å². The number of aldehydes is 1. The third-order valence-electron chi connectivity index (χ3n) is 3.34. The van der Waals surface area contributed by atoms with Crippen LogP contribution in [-0.4, -0.2) is 19.4 Å². The first-order chi connectivity index (χ1) is 10.8. The number of esters is 1. The van der Waals surface area contributed by atoms with E-state index < -0.39 is 17.7 Å². The van der Waals surface area contributed by atoms with E-state index in [1.54, 1.807) is 12.1 Å². The van der Waals surface area contributed by atoms with Crippen LogP contribution >= 0.6 is 0 Å². The molecule has 2 aromatic carbocycles. The highest BCUT2D eigenvalue weighted by atomic mass is 19.4. The molecule has 0 fully saturated rings. The summed E-state index contributed by atoms with van der Waals surface area (Å²) in [5.41, 5.74) is 1.11. The lowest BCUT2D eigenvalue weighted by Crippen LogP contribution is -2.05. The van der Waals surface area contributed by atoms with E-state index in [0.29, 0.717) is 28.5 Å². The van der Waals surface area contributed by atoms with Gasteiger partial charge in [-0.3, -0.25) is 9.59 Å². The summed E-state index contributed by atoms with van der Waals surface area (Å²) in [4.78, 5) is 22.5. The molecule has 23 heavy (non-hydrogen) atoms. The smallest absolute Gasteiger partial charge is 0.416 e. The Labute approximate surface area is 130 Å². The number of ether oxygens (including phenoxy) is 1. The molecule has 0 amide bonds. The predicted molar refractivity (Wildman–Crippen MR) is 78.0 cm³/mol. The van der Waals surface area contributed by atoms with Crippen LogP contribution < -0.4 is 0 Å². The minimum atomic E-state index is -4.42. The van der Waals surface area contributed by atoms with Crippen LogP contribution in [0.15, 0.2) is 42.5 Å². The largest absolute Gasteiger partial charge is 0.469 e. The molecule has 0 N–H and O–H groups in total. The number of halogens is 3. The van der Waals surface area contributed by atoms with Crippen LogP contribution in [0.1, 0.15) is 21.5 Å². The van der Waals surface area contributed by atoms with Gasteiger partial charge in [-0.25, -0.2) is 0 Å². The molecule has 0 saturated heterocycles.